The second-order valence-corrected chi connectivity index (χ2v) is 9.76. The van der Waals surface area contributed by atoms with Crippen LogP contribution < -0.4 is 0 Å². The number of aliphatic hydroxyl groups excluding tert-OH is 3. The van der Waals surface area contributed by atoms with E-state index in [0.717, 1.165) is 23.7 Å². The number of allylic oxidation sites excluding steroid dienone is 2. The molecule has 0 bridgehead atoms. The SMILES string of the molecule is CCCC/C=C/CC1C(O)CC(O)C1/C=C/C(O)CCc1cc(Br)c(C)s1. The minimum atomic E-state index is -0.534. The molecule has 2 rings (SSSR count). The van der Waals surface area contributed by atoms with Crippen molar-refractivity contribution in [2.24, 2.45) is 11.8 Å². The normalized spacial score (nSPS) is 27.2. The van der Waals surface area contributed by atoms with Crippen LogP contribution in [0.1, 0.15) is 55.2 Å². The number of aryl methyl sites for hydroxylation is 2. The Balaban J connectivity index is 1.86. The highest BCUT2D eigenvalue weighted by molar-refractivity contribution is 9.10. The van der Waals surface area contributed by atoms with E-state index in [1.807, 2.05) is 6.08 Å². The van der Waals surface area contributed by atoms with E-state index >= 15 is 0 Å². The Morgan fingerprint density at radius 1 is 1.30 bits per heavy atom. The predicted molar refractivity (Wildman–Crippen MR) is 117 cm³/mol. The third-order valence-electron chi connectivity index (χ3n) is 5.37. The van der Waals surface area contributed by atoms with Gasteiger partial charge in [-0.2, -0.15) is 0 Å². The number of aliphatic hydroxyl groups is 3. The number of rotatable bonds is 10. The Kier molecular flexibility index (Phi) is 9.74. The molecule has 5 atom stereocenters. The number of thiophene rings is 1. The zero-order chi connectivity index (χ0) is 19.8. The van der Waals surface area contributed by atoms with E-state index < -0.39 is 18.3 Å². The average Bonchev–Trinajstić information content (AvgIpc) is 3.09. The molecule has 1 aliphatic carbocycles. The van der Waals surface area contributed by atoms with Gasteiger partial charge in [0.1, 0.15) is 0 Å². The molecule has 1 aliphatic rings. The minimum Gasteiger partial charge on any atom is -0.393 e. The van der Waals surface area contributed by atoms with Gasteiger partial charge in [0.2, 0.25) is 0 Å². The summed E-state index contributed by atoms with van der Waals surface area (Å²) in [6.45, 7) is 4.26. The summed E-state index contributed by atoms with van der Waals surface area (Å²) in [5.74, 6) is -0.0687. The van der Waals surface area contributed by atoms with Gasteiger partial charge in [-0.1, -0.05) is 44.1 Å². The summed E-state index contributed by atoms with van der Waals surface area (Å²) < 4.78 is 1.13. The molecule has 5 unspecified atom stereocenters. The Bertz CT molecular complexity index is 606. The Morgan fingerprint density at radius 3 is 2.74 bits per heavy atom. The maximum atomic E-state index is 10.3. The van der Waals surface area contributed by atoms with Crippen molar-refractivity contribution in [2.45, 2.75) is 77.1 Å². The van der Waals surface area contributed by atoms with Crippen LogP contribution in [0.25, 0.3) is 0 Å². The van der Waals surface area contributed by atoms with Crippen LogP contribution in [0.2, 0.25) is 0 Å². The fraction of sp³-hybridized carbons (Fsp3) is 0.636. The van der Waals surface area contributed by atoms with E-state index in [1.54, 1.807) is 17.4 Å². The van der Waals surface area contributed by atoms with E-state index in [9.17, 15) is 15.3 Å². The highest BCUT2D eigenvalue weighted by atomic mass is 79.9. The second kappa shape index (κ2) is 11.5. The quantitative estimate of drug-likeness (QED) is 0.336. The smallest absolute Gasteiger partial charge is 0.0724 e. The van der Waals surface area contributed by atoms with Gasteiger partial charge < -0.3 is 15.3 Å². The van der Waals surface area contributed by atoms with Crippen molar-refractivity contribution in [3.8, 4) is 0 Å². The molecule has 1 fully saturated rings. The van der Waals surface area contributed by atoms with E-state index in [2.05, 4.69) is 48.0 Å². The Hall–Kier alpha value is -0.460. The number of unbranched alkanes of at least 4 members (excludes halogenated alkanes) is 2. The van der Waals surface area contributed by atoms with Gasteiger partial charge in [-0.15, -0.1) is 11.3 Å². The minimum absolute atomic E-state index is 0.0252. The second-order valence-electron chi connectivity index (χ2n) is 7.57. The fourth-order valence-electron chi connectivity index (χ4n) is 3.68. The van der Waals surface area contributed by atoms with E-state index in [1.165, 1.54) is 22.6 Å². The molecule has 0 aromatic carbocycles. The monoisotopic (exact) mass is 456 g/mol. The predicted octanol–water partition coefficient (Wildman–Crippen LogP) is 5.16. The lowest BCUT2D eigenvalue weighted by molar-refractivity contribution is 0.120. The van der Waals surface area contributed by atoms with Crippen molar-refractivity contribution < 1.29 is 15.3 Å². The highest BCUT2D eigenvalue weighted by Gasteiger charge is 2.39. The summed E-state index contributed by atoms with van der Waals surface area (Å²) in [7, 11) is 0. The number of hydrogen-bond donors (Lipinski definition) is 3. The molecule has 27 heavy (non-hydrogen) atoms. The van der Waals surface area contributed by atoms with Gasteiger partial charge in [-0.25, -0.2) is 0 Å². The standard InChI is InChI=1S/C22H33BrO3S/c1-3-4-5-6-7-8-18-19(22(26)14-21(18)25)12-10-16(24)9-11-17-13-20(23)15(2)27-17/h6-7,10,12-13,16,18-19,21-22,24-26H,3-5,8-9,11,14H2,1-2H3/b7-6+,12-10+. The topological polar surface area (TPSA) is 60.7 Å². The van der Waals surface area contributed by atoms with Gasteiger partial charge in [0.05, 0.1) is 18.3 Å². The molecule has 152 valence electrons. The highest BCUT2D eigenvalue weighted by Crippen LogP contribution is 2.36. The van der Waals surface area contributed by atoms with Crippen molar-refractivity contribution in [3.05, 3.63) is 44.6 Å². The summed E-state index contributed by atoms with van der Waals surface area (Å²) in [6.07, 6.45) is 12.6. The van der Waals surface area contributed by atoms with Crippen LogP contribution in [0.5, 0.6) is 0 Å². The van der Waals surface area contributed by atoms with Gasteiger partial charge in [-0.3, -0.25) is 0 Å². The maximum Gasteiger partial charge on any atom is 0.0724 e. The van der Waals surface area contributed by atoms with E-state index in [4.69, 9.17) is 0 Å². The number of hydrogen-bond acceptors (Lipinski definition) is 4. The first-order chi connectivity index (χ1) is 12.9. The summed E-state index contributed by atoms with van der Waals surface area (Å²) in [5, 5.41) is 30.9. The first kappa shape index (κ1) is 22.8. The molecule has 1 aromatic heterocycles. The van der Waals surface area contributed by atoms with Crippen LogP contribution in [0.4, 0.5) is 0 Å². The lowest BCUT2D eigenvalue weighted by Crippen LogP contribution is -2.20. The largest absolute Gasteiger partial charge is 0.393 e. The average molecular weight is 457 g/mol. The van der Waals surface area contributed by atoms with Crippen molar-refractivity contribution in [1.29, 1.82) is 0 Å². The third kappa shape index (κ3) is 7.13. The lowest BCUT2D eigenvalue weighted by Gasteiger charge is -2.19. The molecule has 0 aliphatic heterocycles. The molecule has 0 spiro atoms. The molecule has 1 heterocycles. The van der Waals surface area contributed by atoms with Gasteiger partial charge >= 0.3 is 0 Å². The molecule has 3 N–H and O–H groups in total. The van der Waals surface area contributed by atoms with E-state index in [-0.39, 0.29) is 11.8 Å². The van der Waals surface area contributed by atoms with Crippen LogP contribution in [0, 0.1) is 18.8 Å². The molecule has 5 heteroatoms. The van der Waals surface area contributed by atoms with Crippen molar-refractivity contribution in [2.75, 3.05) is 0 Å². The third-order valence-corrected chi connectivity index (χ3v) is 7.56. The first-order valence-electron chi connectivity index (χ1n) is 10.0. The molecule has 3 nitrogen and oxygen atoms in total. The summed E-state index contributed by atoms with van der Waals surface area (Å²) in [5.41, 5.74) is 0. The number of halogens is 1. The summed E-state index contributed by atoms with van der Waals surface area (Å²) in [6, 6.07) is 2.12. The van der Waals surface area contributed by atoms with Crippen LogP contribution in [-0.2, 0) is 6.42 Å². The zero-order valence-corrected chi connectivity index (χ0v) is 18.8. The lowest BCUT2D eigenvalue weighted by atomic mass is 9.89. The zero-order valence-electron chi connectivity index (χ0n) is 16.4. The molecule has 1 aromatic rings. The van der Waals surface area contributed by atoms with Crippen molar-refractivity contribution >= 4 is 27.3 Å². The fourth-order valence-corrected chi connectivity index (χ4v) is 5.30. The van der Waals surface area contributed by atoms with Crippen LogP contribution in [-0.4, -0.2) is 33.6 Å². The Labute approximate surface area is 176 Å². The van der Waals surface area contributed by atoms with Gasteiger partial charge in [0.25, 0.3) is 0 Å². The van der Waals surface area contributed by atoms with Gasteiger partial charge in [-0.05, 0) is 60.5 Å². The summed E-state index contributed by atoms with van der Waals surface area (Å²) in [4.78, 5) is 2.52. The molecule has 0 radical (unpaired) electrons. The maximum absolute atomic E-state index is 10.3. The van der Waals surface area contributed by atoms with Gasteiger partial charge in [0.15, 0.2) is 0 Å². The van der Waals surface area contributed by atoms with Crippen LogP contribution >= 0.6 is 27.3 Å². The van der Waals surface area contributed by atoms with E-state index in [0.29, 0.717) is 12.8 Å². The van der Waals surface area contributed by atoms with Gasteiger partial charge in [0, 0.05) is 26.6 Å². The van der Waals surface area contributed by atoms with Crippen molar-refractivity contribution in [3.63, 3.8) is 0 Å². The van der Waals surface area contributed by atoms with Crippen LogP contribution in [0.3, 0.4) is 0 Å². The molecular formula is C22H33BrO3S. The molecule has 1 saturated carbocycles. The summed E-state index contributed by atoms with van der Waals surface area (Å²) >= 11 is 5.28. The van der Waals surface area contributed by atoms with Crippen LogP contribution in [0.15, 0.2) is 34.8 Å². The molecule has 0 amide bonds. The first-order valence-corrected chi connectivity index (χ1v) is 11.7. The Morgan fingerprint density at radius 2 is 2.07 bits per heavy atom. The molecular weight excluding hydrogens is 424 g/mol. The molecule has 0 saturated heterocycles. The van der Waals surface area contributed by atoms with Crippen molar-refractivity contribution in [1.82, 2.24) is 0 Å².